The zero-order chi connectivity index (χ0) is 22.7. The Morgan fingerprint density at radius 1 is 1.28 bits per heavy atom. The van der Waals surface area contributed by atoms with Crippen molar-refractivity contribution in [3.8, 4) is 22.1 Å². The molecule has 4 heterocycles. The Bertz CT molecular complexity index is 1130. The molecule has 168 valence electrons. The molecule has 0 aliphatic carbocycles. The van der Waals surface area contributed by atoms with Crippen LogP contribution >= 0.6 is 27.3 Å². The number of hydrogen-bond donors (Lipinski definition) is 1. The summed E-state index contributed by atoms with van der Waals surface area (Å²) in [5.41, 5.74) is 1.32. The van der Waals surface area contributed by atoms with Crippen LogP contribution in [0.25, 0.3) is 11.1 Å². The van der Waals surface area contributed by atoms with E-state index in [1.807, 2.05) is 0 Å². The molecule has 1 aliphatic heterocycles. The van der Waals surface area contributed by atoms with E-state index in [0.717, 1.165) is 24.0 Å². The van der Waals surface area contributed by atoms with Gasteiger partial charge in [-0.2, -0.15) is 8.78 Å². The fourth-order valence-electron chi connectivity index (χ4n) is 3.00. The standard InChI is InChI=1S/C19H16BrF2N5O4S/c1-9-4-11(12-5-15(20)24-7-14(12)31-17(21)22)13(6-23-9)16(28)25-18-26-27-19(32-18)30-10-2-3-29-8-10/h4-7,10,17H,2-3,8H2,1H3,(H,25,26,28)/t10-/m1/s1. The number of anilines is 1. The summed E-state index contributed by atoms with van der Waals surface area (Å²) in [5.74, 6) is -0.719. The second-order valence-electron chi connectivity index (χ2n) is 6.68. The first-order valence-corrected chi connectivity index (χ1v) is 11.0. The Hall–Kier alpha value is -2.77. The highest BCUT2D eigenvalue weighted by atomic mass is 79.9. The van der Waals surface area contributed by atoms with Crippen LogP contribution in [0.5, 0.6) is 10.9 Å². The quantitative estimate of drug-likeness (QED) is 0.457. The average molecular weight is 528 g/mol. The largest absolute Gasteiger partial charge is 0.463 e. The number of nitrogens with one attached hydrogen (secondary N) is 1. The number of carbonyl (C=O) groups is 1. The summed E-state index contributed by atoms with van der Waals surface area (Å²) in [7, 11) is 0. The normalized spacial score (nSPS) is 15.7. The molecule has 0 unspecified atom stereocenters. The van der Waals surface area contributed by atoms with Gasteiger partial charge >= 0.3 is 6.61 Å². The molecule has 4 rings (SSSR count). The van der Waals surface area contributed by atoms with E-state index < -0.39 is 12.5 Å². The number of aromatic nitrogens is 4. The van der Waals surface area contributed by atoms with Crippen LogP contribution in [0.2, 0.25) is 0 Å². The van der Waals surface area contributed by atoms with E-state index in [4.69, 9.17) is 9.47 Å². The maximum Gasteiger partial charge on any atom is 0.387 e. The molecule has 1 saturated heterocycles. The maximum absolute atomic E-state index is 13.0. The number of carbonyl (C=O) groups excluding carboxylic acids is 1. The number of rotatable bonds is 7. The van der Waals surface area contributed by atoms with Gasteiger partial charge in [0.1, 0.15) is 10.7 Å². The zero-order valence-electron chi connectivity index (χ0n) is 16.5. The van der Waals surface area contributed by atoms with Gasteiger partial charge < -0.3 is 14.2 Å². The highest BCUT2D eigenvalue weighted by molar-refractivity contribution is 9.10. The molecule has 1 atom stereocenters. The lowest BCUT2D eigenvalue weighted by atomic mass is 10.0. The highest BCUT2D eigenvalue weighted by Crippen LogP contribution is 2.35. The number of alkyl halides is 2. The van der Waals surface area contributed by atoms with Crippen LogP contribution in [-0.4, -0.2) is 52.0 Å². The van der Waals surface area contributed by atoms with E-state index in [2.05, 4.69) is 46.1 Å². The molecule has 0 bridgehead atoms. The fourth-order valence-corrected chi connectivity index (χ4v) is 3.99. The van der Waals surface area contributed by atoms with Crippen LogP contribution in [0, 0.1) is 6.92 Å². The number of ether oxygens (including phenoxy) is 3. The third kappa shape index (κ3) is 5.34. The van der Waals surface area contributed by atoms with Crippen molar-refractivity contribution in [3.05, 3.63) is 40.4 Å². The van der Waals surface area contributed by atoms with Crippen LogP contribution in [0.4, 0.5) is 13.9 Å². The number of aryl methyl sites for hydroxylation is 1. The van der Waals surface area contributed by atoms with Gasteiger partial charge in [0, 0.05) is 29.4 Å². The summed E-state index contributed by atoms with van der Waals surface area (Å²) in [6, 6.07) is 3.09. The molecule has 13 heteroatoms. The highest BCUT2D eigenvalue weighted by Gasteiger charge is 2.22. The molecule has 0 radical (unpaired) electrons. The molecule has 0 spiro atoms. The summed E-state index contributed by atoms with van der Waals surface area (Å²) in [4.78, 5) is 21.1. The van der Waals surface area contributed by atoms with Crippen molar-refractivity contribution < 1.29 is 27.8 Å². The van der Waals surface area contributed by atoms with Crippen LogP contribution in [-0.2, 0) is 4.74 Å². The van der Waals surface area contributed by atoms with Gasteiger partial charge in [-0.3, -0.25) is 15.1 Å². The number of hydrogen-bond acceptors (Lipinski definition) is 9. The number of amides is 1. The minimum absolute atomic E-state index is 0.0993. The minimum atomic E-state index is -3.05. The second kappa shape index (κ2) is 9.79. The van der Waals surface area contributed by atoms with Crippen LogP contribution < -0.4 is 14.8 Å². The molecule has 0 aromatic carbocycles. The van der Waals surface area contributed by atoms with Crippen molar-refractivity contribution in [3.63, 3.8) is 0 Å². The average Bonchev–Trinajstić information content (AvgIpc) is 3.41. The second-order valence-corrected chi connectivity index (χ2v) is 8.44. The summed E-state index contributed by atoms with van der Waals surface area (Å²) in [6.07, 6.45) is 3.17. The van der Waals surface area contributed by atoms with E-state index in [1.165, 1.54) is 12.3 Å². The number of halogens is 3. The summed E-state index contributed by atoms with van der Waals surface area (Å²) >= 11 is 4.29. The lowest BCUT2D eigenvalue weighted by molar-refractivity contribution is -0.0496. The van der Waals surface area contributed by atoms with Gasteiger partial charge in [0.25, 0.3) is 11.1 Å². The molecule has 0 saturated carbocycles. The lowest BCUT2D eigenvalue weighted by Gasteiger charge is -2.14. The molecule has 1 N–H and O–H groups in total. The monoisotopic (exact) mass is 527 g/mol. The Kier molecular flexibility index (Phi) is 6.86. The molecule has 9 nitrogen and oxygen atoms in total. The molecule has 3 aromatic rings. The van der Waals surface area contributed by atoms with Gasteiger partial charge in [-0.15, -0.1) is 5.10 Å². The van der Waals surface area contributed by atoms with Crippen molar-refractivity contribution in [1.29, 1.82) is 0 Å². The van der Waals surface area contributed by atoms with E-state index >= 15 is 0 Å². The molecule has 3 aromatic heterocycles. The first kappa shape index (κ1) is 22.4. The Morgan fingerprint density at radius 3 is 2.88 bits per heavy atom. The number of nitrogens with zero attached hydrogens (tertiary/aromatic N) is 4. The lowest BCUT2D eigenvalue weighted by Crippen LogP contribution is -2.15. The van der Waals surface area contributed by atoms with Crippen molar-refractivity contribution in [2.45, 2.75) is 26.1 Å². The Balaban J connectivity index is 1.61. The SMILES string of the molecule is Cc1cc(-c2cc(Br)ncc2OC(F)F)c(C(=O)Nc2nnc(O[C@@H]3CCOC3)s2)cn1. The summed E-state index contributed by atoms with van der Waals surface area (Å²) in [5, 5.41) is 11.0. The summed E-state index contributed by atoms with van der Waals surface area (Å²) in [6.45, 7) is -0.235. The van der Waals surface area contributed by atoms with Crippen LogP contribution in [0.1, 0.15) is 22.5 Å². The molecule has 1 fully saturated rings. The van der Waals surface area contributed by atoms with Gasteiger partial charge in [0.05, 0.1) is 25.0 Å². The third-order valence-corrected chi connectivity index (χ3v) is 5.57. The number of pyridine rings is 2. The summed E-state index contributed by atoms with van der Waals surface area (Å²) < 4.78 is 41.7. The van der Waals surface area contributed by atoms with E-state index in [1.54, 1.807) is 13.0 Å². The van der Waals surface area contributed by atoms with Crippen molar-refractivity contribution >= 4 is 38.3 Å². The first-order chi connectivity index (χ1) is 15.4. The predicted molar refractivity (Wildman–Crippen MR) is 114 cm³/mol. The fraction of sp³-hybridized carbons (Fsp3) is 0.316. The van der Waals surface area contributed by atoms with Crippen molar-refractivity contribution in [1.82, 2.24) is 20.2 Å². The maximum atomic E-state index is 13.0. The van der Waals surface area contributed by atoms with E-state index in [9.17, 15) is 13.6 Å². The van der Waals surface area contributed by atoms with Gasteiger partial charge in [0.2, 0.25) is 5.13 Å². The van der Waals surface area contributed by atoms with Gasteiger partial charge in [-0.1, -0.05) is 5.10 Å². The van der Waals surface area contributed by atoms with Crippen molar-refractivity contribution in [2.75, 3.05) is 18.5 Å². The van der Waals surface area contributed by atoms with Gasteiger partial charge in [-0.25, -0.2) is 4.98 Å². The molecule has 1 amide bonds. The smallest absolute Gasteiger partial charge is 0.387 e. The Labute approximate surface area is 193 Å². The van der Waals surface area contributed by atoms with Gasteiger partial charge in [0.15, 0.2) is 5.75 Å². The van der Waals surface area contributed by atoms with Crippen LogP contribution in [0.3, 0.4) is 0 Å². The molecule has 32 heavy (non-hydrogen) atoms. The van der Waals surface area contributed by atoms with Crippen molar-refractivity contribution in [2.24, 2.45) is 0 Å². The molecule has 1 aliphatic rings. The van der Waals surface area contributed by atoms with E-state index in [-0.39, 0.29) is 28.1 Å². The topological polar surface area (TPSA) is 108 Å². The van der Waals surface area contributed by atoms with E-state index in [0.29, 0.717) is 34.3 Å². The zero-order valence-corrected chi connectivity index (χ0v) is 19.0. The minimum Gasteiger partial charge on any atom is -0.463 e. The molecular weight excluding hydrogens is 512 g/mol. The predicted octanol–water partition coefficient (Wildman–Crippen LogP) is 4.09. The first-order valence-electron chi connectivity index (χ1n) is 9.35. The Morgan fingerprint density at radius 2 is 2.12 bits per heavy atom. The third-order valence-electron chi connectivity index (χ3n) is 4.41. The van der Waals surface area contributed by atoms with Gasteiger partial charge in [-0.05, 0) is 46.3 Å². The molecular formula is C19H16BrF2N5O4S. The van der Waals surface area contributed by atoms with Crippen LogP contribution in [0.15, 0.2) is 29.1 Å².